The van der Waals surface area contributed by atoms with Gasteiger partial charge in [-0.25, -0.2) is 19.8 Å². The van der Waals surface area contributed by atoms with Gasteiger partial charge in [-0.15, -0.1) is 0 Å². The molecule has 31 heavy (non-hydrogen) atoms. The van der Waals surface area contributed by atoms with Crippen molar-refractivity contribution >= 4 is 5.82 Å². The molecule has 2 aliphatic carbocycles. The van der Waals surface area contributed by atoms with E-state index in [9.17, 15) is 4.39 Å². The van der Waals surface area contributed by atoms with Gasteiger partial charge in [-0.05, 0) is 32.6 Å². The number of nitrogens with one attached hydrogen (secondary N) is 2. The first-order chi connectivity index (χ1) is 15.0. The topological polar surface area (TPSA) is 74.8 Å². The highest BCUT2D eigenvalue weighted by molar-refractivity contribution is 5.40. The van der Waals surface area contributed by atoms with Crippen LogP contribution in [0, 0.1) is 5.92 Å². The molecule has 5 rings (SSSR count). The third-order valence-corrected chi connectivity index (χ3v) is 7.45. The van der Waals surface area contributed by atoms with E-state index in [1.54, 1.807) is 13.4 Å². The first kappa shape index (κ1) is 21.5. The lowest BCUT2D eigenvalue weighted by Gasteiger charge is -2.37. The van der Waals surface area contributed by atoms with Crippen LogP contribution >= 0.6 is 0 Å². The molecule has 9 heteroatoms. The van der Waals surface area contributed by atoms with E-state index >= 15 is 0 Å². The van der Waals surface area contributed by atoms with Crippen LogP contribution < -0.4 is 15.8 Å². The number of piperazine rings is 1. The minimum absolute atomic E-state index is 0.0420. The maximum Gasteiger partial charge on any atom is 0.132 e. The number of hydrogen-bond acceptors (Lipinski definition) is 8. The van der Waals surface area contributed by atoms with E-state index in [1.165, 1.54) is 0 Å². The number of rotatable bonds is 7. The van der Waals surface area contributed by atoms with Gasteiger partial charge in [-0.3, -0.25) is 10.3 Å². The van der Waals surface area contributed by atoms with E-state index in [0.717, 1.165) is 63.7 Å². The molecular formula is C22H35FN6O2. The number of fused-ring (bicyclic) bond motifs is 1. The third kappa shape index (κ3) is 4.71. The van der Waals surface area contributed by atoms with Gasteiger partial charge in [0.1, 0.15) is 18.3 Å². The van der Waals surface area contributed by atoms with Crippen molar-refractivity contribution < 1.29 is 13.9 Å². The van der Waals surface area contributed by atoms with E-state index in [-0.39, 0.29) is 29.7 Å². The summed E-state index contributed by atoms with van der Waals surface area (Å²) in [5.41, 5.74) is 7.58. The van der Waals surface area contributed by atoms with Gasteiger partial charge in [0.15, 0.2) is 0 Å². The zero-order valence-electron chi connectivity index (χ0n) is 18.6. The van der Waals surface area contributed by atoms with Crippen LogP contribution in [0.4, 0.5) is 10.2 Å². The third-order valence-electron chi connectivity index (χ3n) is 7.45. The van der Waals surface area contributed by atoms with E-state index in [0.29, 0.717) is 12.8 Å². The smallest absolute Gasteiger partial charge is 0.132 e. The lowest BCUT2D eigenvalue weighted by Crippen LogP contribution is -2.47. The quantitative estimate of drug-likeness (QED) is 0.668. The first-order valence-electron chi connectivity index (χ1n) is 11.7. The fourth-order valence-electron chi connectivity index (χ4n) is 5.19. The number of hydrazine groups is 1. The van der Waals surface area contributed by atoms with Gasteiger partial charge < -0.3 is 14.4 Å². The number of alkyl halides is 1. The fourth-order valence-corrected chi connectivity index (χ4v) is 5.19. The summed E-state index contributed by atoms with van der Waals surface area (Å²) in [6, 6.07) is 2.25. The van der Waals surface area contributed by atoms with Gasteiger partial charge in [0, 0.05) is 57.9 Å². The van der Waals surface area contributed by atoms with Gasteiger partial charge in [0.05, 0.1) is 30.0 Å². The predicted molar refractivity (Wildman–Crippen MR) is 115 cm³/mol. The molecule has 1 aromatic heterocycles. The summed E-state index contributed by atoms with van der Waals surface area (Å²) < 4.78 is 26.1. The Hall–Kier alpha value is -1.39. The largest absolute Gasteiger partial charge is 0.383 e. The average molecular weight is 435 g/mol. The second-order valence-electron chi connectivity index (χ2n) is 9.75. The molecule has 2 N–H and O–H groups in total. The number of halogens is 1. The Morgan fingerprint density at radius 1 is 1.16 bits per heavy atom. The molecule has 172 valence electrons. The monoisotopic (exact) mass is 434 g/mol. The molecule has 0 amide bonds. The summed E-state index contributed by atoms with van der Waals surface area (Å²) in [5.74, 6) is 1.23. The predicted octanol–water partition coefficient (Wildman–Crippen LogP) is 1.45. The molecule has 5 atom stereocenters. The Morgan fingerprint density at radius 3 is 2.71 bits per heavy atom. The number of methoxy groups -OCH3 is 1. The molecule has 4 aliphatic rings. The Kier molecular flexibility index (Phi) is 6.13. The Bertz CT molecular complexity index is 757. The van der Waals surface area contributed by atoms with Crippen molar-refractivity contribution in [2.75, 3.05) is 51.3 Å². The van der Waals surface area contributed by atoms with E-state index in [2.05, 4.69) is 43.6 Å². The summed E-state index contributed by atoms with van der Waals surface area (Å²) in [4.78, 5) is 13.9. The van der Waals surface area contributed by atoms with Gasteiger partial charge in [0.2, 0.25) is 0 Å². The summed E-state index contributed by atoms with van der Waals surface area (Å²) in [6.07, 6.45) is 3.70. The van der Waals surface area contributed by atoms with Crippen LogP contribution in [-0.4, -0.2) is 85.2 Å². The Balaban J connectivity index is 1.24. The molecule has 4 fully saturated rings. The number of anilines is 1. The van der Waals surface area contributed by atoms with Gasteiger partial charge in [-0.1, -0.05) is 0 Å². The molecule has 2 saturated heterocycles. The SMILES string of the molecule is COCCN1CCN(c2cc(C3NNC4CC(F)C(OC5(C)CC5)CC43)ncn2)CC1. The van der Waals surface area contributed by atoms with Crippen LogP contribution in [0.15, 0.2) is 12.4 Å². The first-order valence-corrected chi connectivity index (χ1v) is 11.7. The zero-order chi connectivity index (χ0) is 21.4. The zero-order valence-corrected chi connectivity index (χ0v) is 18.6. The van der Waals surface area contributed by atoms with Crippen molar-refractivity contribution in [3.8, 4) is 0 Å². The van der Waals surface area contributed by atoms with Crippen molar-refractivity contribution in [1.29, 1.82) is 0 Å². The number of aromatic nitrogens is 2. The number of ether oxygens (including phenoxy) is 2. The van der Waals surface area contributed by atoms with Crippen LogP contribution in [0.5, 0.6) is 0 Å². The molecule has 2 aliphatic heterocycles. The molecule has 0 radical (unpaired) electrons. The van der Waals surface area contributed by atoms with Crippen molar-refractivity contribution in [2.45, 2.75) is 62.6 Å². The van der Waals surface area contributed by atoms with Crippen LogP contribution in [0.3, 0.4) is 0 Å². The molecule has 5 unspecified atom stereocenters. The van der Waals surface area contributed by atoms with E-state index in [4.69, 9.17) is 9.47 Å². The lowest BCUT2D eigenvalue weighted by molar-refractivity contribution is -0.0886. The van der Waals surface area contributed by atoms with Crippen molar-refractivity contribution in [3.63, 3.8) is 0 Å². The molecule has 8 nitrogen and oxygen atoms in total. The van der Waals surface area contributed by atoms with Crippen LogP contribution in [0.25, 0.3) is 0 Å². The van der Waals surface area contributed by atoms with E-state index < -0.39 is 6.17 Å². The lowest BCUT2D eigenvalue weighted by atomic mass is 9.78. The normalized spacial score (nSPS) is 35.2. The molecule has 1 aromatic rings. The Morgan fingerprint density at radius 2 is 1.97 bits per heavy atom. The molecule has 2 saturated carbocycles. The van der Waals surface area contributed by atoms with Crippen LogP contribution in [-0.2, 0) is 9.47 Å². The molecule has 0 bridgehead atoms. The maximum atomic E-state index is 14.8. The second kappa shape index (κ2) is 8.86. The molecule has 0 aromatic carbocycles. The fraction of sp³-hybridized carbons (Fsp3) is 0.818. The second-order valence-corrected chi connectivity index (χ2v) is 9.75. The number of hydrogen-bond donors (Lipinski definition) is 2. The highest BCUT2D eigenvalue weighted by atomic mass is 19.1. The van der Waals surface area contributed by atoms with Gasteiger partial charge >= 0.3 is 0 Å². The minimum Gasteiger partial charge on any atom is -0.383 e. The molecule has 0 spiro atoms. The van der Waals surface area contributed by atoms with Crippen molar-refractivity contribution in [1.82, 2.24) is 25.7 Å². The Labute approximate surface area is 183 Å². The van der Waals surface area contributed by atoms with Crippen molar-refractivity contribution in [2.24, 2.45) is 5.92 Å². The van der Waals surface area contributed by atoms with Crippen molar-refractivity contribution in [3.05, 3.63) is 18.1 Å². The minimum atomic E-state index is -0.915. The van der Waals surface area contributed by atoms with E-state index in [1.807, 2.05) is 0 Å². The highest BCUT2D eigenvalue weighted by Crippen LogP contribution is 2.45. The standard InChI is InChI=1S/C22H35FN6O2/c1-22(3-4-22)31-19-11-15-17(12-16(19)23)26-27-21(15)18-13-20(25-14-24-18)29-7-5-28(6-8-29)9-10-30-2/h13-17,19,21,26-27H,3-12H2,1-2H3. The van der Waals surface area contributed by atoms with Gasteiger partial charge in [-0.2, -0.15) is 0 Å². The molecule has 3 heterocycles. The summed E-state index contributed by atoms with van der Waals surface area (Å²) >= 11 is 0. The van der Waals surface area contributed by atoms with Gasteiger partial charge in [0.25, 0.3) is 0 Å². The summed E-state index contributed by atoms with van der Waals surface area (Å²) in [6.45, 7) is 7.74. The molecular weight excluding hydrogens is 399 g/mol. The summed E-state index contributed by atoms with van der Waals surface area (Å²) in [7, 11) is 1.75. The number of nitrogens with zero attached hydrogens (tertiary/aromatic N) is 4. The average Bonchev–Trinajstić information content (AvgIpc) is 3.37. The maximum absolute atomic E-state index is 14.8. The summed E-state index contributed by atoms with van der Waals surface area (Å²) in [5, 5.41) is 0. The van der Waals surface area contributed by atoms with Crippen LogP contribution in [0.1, 0.15) is 44.3 Å². The highest BCUT2D eigenvalue weighted by Gasteiger charge is 2.50. The van der Waals surface area contributed by atoms with Crippen LogP contribution in [0.2, 0.25) is 0 Å².